The van der Waals surface area contributed by atoms with Crippen LogP contribution in [-0.2, 0) is 16.2 Å². The van der Waals surface area contributed by atoms with E-state index in [4.69, 9.17) is 0 Å². The molecule has 0 radical (unpaired) electrons. The number of nitrogens with zero attached hydrogens (tertiary/aromatic N) is 3. The molecule has 182 valence electrons. The van der Waals surface area contributed by atoms with Crippen LogP contribution in [-0.4, -0.2) is 65.6 Å². The molecule has 10 nitrogen and oxygen atoms in total. The number of benzene rings is 1. The second-order valence-corrected chi connectivity index (χ2v) is 9.67. The van der Waals surface area contributed by atoms with E-state index in [2.05, 4.69) is 25.0 Å². The molecule has 14 heteroatoms. The zero-order chi connectivity index (χ0) is 24.7. The Balaban J connectivity index is 1.74. The van der Waals surface area contributed by atoms with Crippen molar-refractivity contribution in [2.24, 2.45) is 0 Å². The second-order valence-electron chi connectivity index (χ2n) is 7.78. The fourth-order valence-corrected chi connectivity index (χ4v) is 4.66. The van der Waals surface area contributed by atoms with Crippen molar-refractivity contribution in [1.82, 2.24) is 24.6 Å². The van der Waals surface area contributed by atoms with E-state index in [0.29, 0.717) is 36.5 Å². The number of sulfonamides is 1. The Morgan fingerprint density at radius 2 is 2.09 bits per heavy atom. The Kier molecular flexibility index (Phi) is 6.12. The van der Waals surface area contributed by atoms with Crippen LogP contribution >= 0.6 is 0 Å². The molecule has 0 unspecified atom stereocenters. The monoisotopic (exact) mass is 498 g/mol. The molecule has 0 saturated carbocycles. The van der Waals surface area contributed by atoms with Gasteiger partial charge in [-0.2, -0.15) is 13.2 Å². The van der Waals surface area contributed by atoms with Crippen LogP contribution in [0.1, 0.15) is 18.4 Å². The molecular formula is C20H21F3N6O4S. The van der Waals surface area contributed by atoms with Crippen LogP contribution in [0, 0.1) is 0 Å². The van der Waals surface area contributed by atoms with Gasteiger partial charge in [0.05, 0.1) is 10.6 Å². The van der Waals surface area contributed by atoms with E-state index in [-0.39, 0.29) is 34.7 Å². The Bertz CT molecular complexity index is 1340. The van der Waals surface area contributed by atoms with Gasteiger partial charge >= 0.3 is 12.3 Å². The number of fused-ring (bicyclic) bond motifs is 1. The molecular weight excluding hydrogens is 477 g/mol. The van der Waals surface area contributed by atoms with Crippen molar-refractivity contribution in [3.8, 4) is 11.3 Å². The first kappa shape index (κ1) is 23.8. The second kappa shape index (κ2) is 8.76. The number of aromatic nitrogens is 3. The molecule has 3 heterocycles. The molecule has 1 aliphatic heterocycles. The number of hydrogen-bond acceptors (Lipinski definition) is 6. The molecule has 34 heavy (non-hydrogen) atoms. The zero-order valence-electron chi connectivity index (χ0n) is 17.8. The number of halogens is 3. The van der Waals surface area contributed by atoms with E-state index in [1.54, 1.807) is 0 Å². The largest absolute Gasteiger partial charge is 0.465 e. The number of nitrogens with one attached hydrogen (secondary N) is 3. The van der Waals surface area contributed by atoms with Gasteiger partial charge < -0.3 is 20.3 Å². The van der Waals surface area contributed by atoms with Crippen LogP contribution in [0.4, 0.5) is 23.9 Å². The minimum absolute atomic E-state index is 0.0442. The van der Waals surface area contributed by atoms with E-state index >= 15 is 0 Å². The van der Waals surface area contributed by atoms with Crippen molar-refractivity contribution in [2.45, 2.75) is 30.0 Å². The Morgan fingerprint density at radius 3 is 2.76 bits per heavy atom. The number of piperidine rings is 1. The summed E-state index contributed by atoms with van der Waals surface area (Å²) in [7, 11) is -2.48. The summed E-state index contributed by atoms with van der Waals surface area (Å²) in [6, 6.07) is 3.67. The maximum absolute atomic E-state index is 13.8. The van der Waals surface area contributed by atoms with Gasteiger partial charge in [-0.1, -0.05) is 6.07 Å². The number of aromatic amines is 1. The van der Waals surface area contributed by atoms with Gasteiger partial charge in [-0.05, 0) is 32.0 Å². The normalized spacial score (nSPS) is 17.2. The van der Waals surface area contributed by atoms with Crippen LogP contribution in [0.2, 0.25) is 0 Å². The number of anilines is 1. The third kappa shape index (κ3) is 4.63. The third-order valence-corrected chi connectivity index (χ3v) is 7.02. The molecule has 1 fully saturated rings. The fourth-order valence-electron chi connectivity index (χ4n) is 3.90. The van der Waals surface area contributed by atoms with Gasteiger partial charge in [0.1, 0.15) is 5.56 Å². The maximum atomic E-state index is 13.8. The van der Waals surface area contributed by atoms with Crippen molar-refractivity contribution in [3.05, 3.63) is 36.2 Å². The van der Waals surface area contributed by atoms with E-state index in [9.17, 15) is 31.5 Å². The predicted molar refractivity (Wildman–Crippen MR) is 117 cm³/mol. The van der Waals surface area contributed by atoms with Crippen LogP contribution in [0.3, 0.4) is 0 Å². The molecule has 2 aromatic heterocycles. The number of hydrogen-bond donors (Lipinski definition) is 4. The predicted octanol–water partition coefficient (Wildman–Crippen LogP) is 3.11. The molecule has 0 bridgehead atoms. The first-order valence-electron chi connectivity index (χ1n) is 10.2. The van der Waals surface area contributed by atoms with Gasteiger partial charge in [-0.3, -0.25) is 0 Å². The highest BCUT2D eigenvalue weighted by Crippen LogP contribution is 2.39. The summed E-state index contributed by atoms with van der Waals surface area (Å²) in [5.74, 6) is -0.0658. The minimum Gasteiger partial charge on any atom is -0.465 e. The lowest BCUT2D eigenvalue weighted by molar-refractivity contribution is -0.137. The van der Waals surface area contributed by atoms with Crippen molar-refractivity contribution >= 4 is 33.0 Å². The Labute approximate surface area is 192 Å². The SMILES string of the molecule is CNS(=O)(=O)c1ccc2c(-c3nc(N[C@H]4CCCN(C(=O)O)C4)ncc3C(F)(F)F)c[nH]c2c1. The highest BCUT2D eigenvalue weighted by molar-refractivity contribution is 7.89. The van der Waals surface area contributed by atoms with Crippen molar-refractivity contribution < 1.29 is 31.5 Å². The summed E-state index contributed by atoms with van der Waals surface area (Å²) in [4.78, 5) is 23.2. The molecule has 0 aliphatic carbocycles. The van der Waals surface area contributed by atoms with Crippen molar-refractivity contribution in [2.75, 3.05) is 25.5 Å². The lowest BCUT2D eigenvalue weighted by atomic mass is 10.1. The Hall–Kier alpha value is -3.39. The lowest BCUT2D eigenvalue weighted by Gasteiger charge is -2.31. The fraction of sp³-hybridized carbons (Fsp3) is 0.350. The number of likely N-dealkylation sites (tertiary alicyclic amines) is 1. The molecule has 1 aliphatic rings. The van der Waals surface area contributed by atoms with Crippen LogP contribution in [0.5, 0.6) is 0 Å². The molecule has 4 rings (SSSR count). The minimum atomic E-state index is -4.74. The number of carbonyl (C=O) groups is 1. The van der Waals surface area contributed by atoms with Gasteiger partial charge in [0.25, 0.3) is 0 Å². The molecule has 1 atom stereocenters. The number of H-pyrrole nitrogens is 1. The van der Waals surface area contributed by atoms with E-state index in [1.165, 1.54) is 36.3 Å². The summed E-state index contributed by atoms with van der Waals surface area (Å²) >= 11 is 0. The molecule has 4 N–H and O–H groups in total. The number of rotatable bonds is 5. The topological polar surface area (TPSA) is 140 Å². The maximum Gasteiger partial charge on any atom is 0.419 e. The first-order valence-corrected chi connectivity index (χ1v) is 11.7. The highest BCUT2D eigenvalue weighted by atomic mass is 32.2. The number of amides is 1. The van der Waals surface area contributed by atoms with Crippen LogP contribution in [0.15, 0.2) is 35.5 Å². The van der Waals surface area contributed by atoms with E-state index in [0.717, 1.165) is 0 Å². The standard InChI is InChI=1S/C20H21F3N6O4S/c1-24-34(32,33)12-4-5-13-14(8-25-16(13)7-12)17-15(20(21,22)23)9-26-18(28-17)27-11-3-2-6-29(10-11)19(30)31/h4-5,7-9,11,24-25H,2-3,6,10H2,1H3,(H,30,31)(H,26,27,28)/t11-/m0/s1. The van der Waals surface area contributed by atoms with Gasteiger partial charge in [0.15, 0.2) is 0 Å². The van der Waals surface area contributed by atoms with Crippen LogP contribution in [0.25, 0.3) is 22.2 Å². The quantitative estimate of drug-likeness (QED) is 0.424. The van der Waals surface area contributed by atoms with Crippen molar-refractivity contribution in [3.63, 3.8) is 0 Å². The molecule has 1 amide bonds. The first-order chi connectivity index (χ1) is 16.0. The zero-order valence-corrected chi connectivity index (χ0v) is 18.7. The average molecular weight is 498 g/mol. The molecule has 3 aromatic rings. The Morgan fingerprint density at radius 1 is 1.32 bits per heavy atom. The van der Waals surface area contributed by atoms with Gasteiger partial charge in [0.2, 0.25) is 16.0 Å². The van der Waals surface area contributed by atoms with Gasteiger partial charge in [-0.25, -0.2) is 27.9 Å². The number of alkyl halides is 3. The summed E-state index contributed by atoms with van der Waals surface area (Å²) in [6.07, 6.45) is -2.59. The van der Waals surface area contributed by atoms with E-state index in [1.807, 2.05) is 0 Å². The summed E-state index contributed by atoms with van der Waals surface area (Å²) in [5.41, 5.74) is -0.998. The summed E-state index contributed by atoms with van der Waals surface area (Å²) in [5, 5.41) is 12.5. The van der Waals surface area contributed by atoms with E-state index < -0.39 is 27.9 Å². The smallest absolute Gasteiger partial charge is 0.419 e. The highest BCUT2D eigenvalue weighted by Gasteiger charge is 2.36. The number of carboxylic acid groups (broad SMARTS) is 1. The van der Waals surface area contributed by atoms with Gasteiger partial charge in [0, 0.05) is 48.0 Å². The molecule has 1 saturated heterocycles. The molecule has 1 aromatic carbocycles. The average Bonchev–Trinajstić information content (AvgIpc) is 3.21. The summed E-state index contributed by atoms with van der Waals surface area (Å²) in [6.45, 7) is 0.540. The van der Waals surface area contributed by atoms with Crippen LogP contribution < -0.4 is 10.0 Å². The lowest BCUT2D eigenvalue weighted by Crippen LogP contribution is -2.44. The summed E-state index contributed by atoms with van der Waals surface area (Å²) < 4.78 is 67.6. The van der Waals surface area contributed by atoms with Gasteiger partial charge in [-0.15, -0.1) is 0 Å². The third-order valence-electron chi connectivity index (χ3n) is 5.61. The van der Waals surface area contributed by atoms with Crippen molar-refractivity contribution in [1.29, 1.82) is 0 Å². The molecule has 0 spiro atoms.